The average Bonchev–Trinajstić information content (AvgIpc) is 2.65. The molecule has 0 heterocycles. The first-order chi connectivity index (χ1) is 12.8. The van der Waals surface area contributed by atoms with Crippen molar-refractivity contribution < 1.29 is 19.1 Å². The molecular weight excluding hydrogens is 346 g/mol. The second-order valence-corrected chi connectivity index (χ2v) is 6.10. The van der Waals surface area contributed by atoms with Crippen LogP contribution in [-0.4, -0.2) is 45.5 Å². The van der Waals surface area contributed by atoms with Gasteiger partial charge in [-0.1, -0.05) is 12.1 Å². The molecule has 0 radical (unpaired) electrons. The Bertz CT molecular complexity index is 831. The molecule has 2 amide bonds. The maximum atomic E-state index is 12.4. The van der Waals surface area contributed by atoms with Crippen LogP contribution in [0.2, 0.25) is 0 Å². The van der Waals surface area contributed by atoms with Crippen molar-refractivity contribution in [1.82, 2.24) is 0 Å². The number of carbonyl (C=O) groups excluding carboxylic acids is 3. The summed E-state index contributed by atoms with van der Waals surface area (Å²) in [6.07, 6.45) is 0. The maximum absolute atomic E-state index is 12.4. The number of hydrogen-bond acceptors (Lipinski definition) is 5. The molecule has 2 aromatic carbocycles. The van der Waals surface area contributed by atoms with E-state index in [-0.39, 0.29) is 23.9 Å². The molecule has 142 valence electrons. The number of rotatable bonds is 6. The highest BCUT2D eigenvalue weighted by Crippen LogP contribution is 2.22. The molecule has 27 heavy (non-hydrogen) atoms. The van der Waals surface area contributed by atoms with E-state index >= 15 is 0 Å². The number of anilines is 3. The van der Waals surface area contributed by atoms with Crippen LogP contribution in [0, 0.1) is 0 Å². The van der Waals surface area contributed by atoms with E-state index in [9.17, 15) is 14.4 Å². The fourth-order valence-electron chi connectivity index (χ4n) is 2.54. The first-order valence-electron chi connectivity index (χ1n) is 8.36. The van der Waals surface area contributed by atoms with Crippen molar-refractivity contribution in [2.45, 2.75) is 6.92 Å². The molecule has 1 N–H and O–H groups in total. The van der Waals surface area contributed by atoms with Gasteiger partial charge in [0, 0.05) is 32.4 Å². The summed E-state index contributed by atoms with van der Waals surface area (Å²) in [5, 5.41) is 2.76. The fraction of sp³-hybridized carbons (Fsp3) is 0.250. The molecule has 0 saturated carbocycles. The number of benzene rings is 2. The molecule has 0 aliphatic carbocycles. The molecule has 0 saturated heterocycles. The summed E-state index contributed by atoms with van der Waals surface area (Å²) >= 11 is 0. The maximum Gasteiger partial charge on any atom is 0.339 e. The van der Waals surface area contributed by atoms with E-state index in [4.69, 9.17) is 4.74 Å². The number of nitrogens with zero attached hydrogens (tertiary/aromatic N) is 2. The van der Waals surface area contributed by atoms with Crippen LogP contribution in [0.1, 0.15) is 17.3 Å². The second kappa shape index (κ2) is 8.84. The van der Waals surface area contributed by atoms with Crippen molar-refractivity contribution in [3.05, 3.63) is 54.1 Å². The van der Waals surface area contributed by atoms with Gasteiger partial charge in [0.05, 0.1) is 18.4 Å². The standard InChI is InChI=1S/C20H23N3O4/c1-14(24)23(18-8-6-5-7-17(18)20(26)27-4)13-19(25)21-15-9-11-16(12-10-15)22(2)3/h5-12H,13H2,1-4H3,(H,21,25). The number of para-hydroxylation sites is 1. The lowest BCUT2D eigenvalue weighted by molar-refractivity contribution is -0.120. The van der Waals surface area contributed by atoms with Crippen LogP contribution in [0.4, 0.5) is 17.1 Å². The number of hydrogen-bond donors (Lipinski definition) is 1. The molecule has 7 nitrogen and oxygen atoms in total. The molecule has 0 aliphatic rings. The van der Waals surface area contributed by atoms with Crippen molar-refractivity contribution in [2.24, 2.45) is 0 Å². The highest BCUT2D eigenvalue weighted by Gasteiger charge is 2.22. The Morgan fingerprint density at radius 1 is 1.00 bits per heavy atom. The van der Waals surface area contributed by atoms with Gasteiger partial charge in [-0.15, -0.1) is 0 Å². The van der Waals surface area contributed by atoms with Crippen LogP contribution in [0.25, 0.3) is 0 Å². The highest BCUT2D eigenvalue weighted by molar-refractivity contribution is 6.06. The van der Waals surface area contributed by atoms with E-state index in [1.165, 1.54) is 18.9 Å². The zero-order chi connectivity index (χ0) is 20.0. The van der Waals surface area contributed by atoms with Gasteiger partial charge in [-0.3, -0.25) is 9.59 Å². The SMILES string of the molecule is COC(=O)c1ccccc1N(CC(=O)Nc1ccc(N(C)C)cc1)C(C)=O. The van der Waals surface area contributed by atoms with Crippen LogP contribution in [0.5, 0.6) is 0 Å². The summed E-state index contributed by atoms with van der Waals surface area (Å²) in [6, 6.07) is 13.8. The summed E-state index contributed by atoms with van der Waals surface area (Å²) in [5.74, 6) is -1.30. The van der Waals surface area contributed by atoms with Crippen molar-refractivity contribution in [3.8, 4) is 0 Å². The molecule has 0 spiro atoms. The largest absolute Gasteiger partial charge is 0.465 e. The Morgan fingerprint density at radius 2 is 1.63 bits per heavy atom. The van der Waals surface area contributed by atoms with E-state index in [1.807, 2.05) is 31.1 Å². The molecule has 2 rings (SSSR count). The minimum absolute atomic E-state index is 0.221. The fourth-order valence-corrected chi connectivity index (χ4v) is 2.54. The summed E-state index contributed by atoms with van der Waals surface area (Å²) in [7, 11) is 5.12. The lowest BCUT2D eigenvalue weighted by Crippen LogP contribution is -2.37. The van der Waals surface area contributed by atoms with Crippen molar-refractivity contribution in [1.29, 1.82) is 0 Å². The Balaban J connectivity index is 2.18. The van der Waals surface area contributed by atoms with Crippen LogP contribution in [0.15, 0.2) is 48.5 Å². The molecule has 2 aromatic rings. The molecule has 0 unspecified atom stereocenters. The normalized spacial score (nSPS) is 10.1. The quantitative estimate of drug-likeness (QED) is 0.792. The Labute approximate surface area is 158 Å². The monoisotopic (exact) mass is 369 g/mol. The summed E-state index contributed by atoms with van der Waals surface area (Å²) in [4.78, 5) is 39.7. The van der Waals surface area contributed by atoms with Gasteiger partial charge in [-0.2, -0.15) is 0 Å². The van der Waals surface area contributed by atoms with Crippen LogP contribution in [0.3, 0.4) is 0 Å². The first kappa shape index (κ1) is 20.0. The predicted molar refractivity (Wildman–Crippen MR) is 105 cm³/mol. The van der Waals surface area contributed by atoms with Gasteiger partial charge in [0.25, 0.3) is 0 Å². The third kappa shape index (κ3) is 5.07. The smallest absolute Gasteiger partial charge is 0.339 e. The van der Waals surface area contributed by atoms with Crippen molar-refractivity contribution in [2.75, 3.05) is 42.9 Å². The van der Waals surface area contributed by atoms with Gasteiger partial charge in [0.15, 0.2) is 0 Å². The molecule has 0 bridgehead atoms. The third-order valence-electron chi connectivity index (χ3n) is 3.95. The van der Waals surface area contributed by atoms with Gasteiger partial charge < -0.3 is 19.9 Å². The number of methoxy groups -OCH3 is 1. The molecule has 0 aromatic heterocycles. The highest BCUT2D eigenvalue weighted by atomic mass is 16.5. The molecule has 0 atom stereocenters. The summed E-state index contributed by atoms with van der Waals surface area (Å²) in [5.41, 5.74) is 2.18. The zero-order valence-electron chi connectivity index (χ0n) is 15.9. The van der Waals surface area contributed by atoms with Gasteiger partial charge in [-0.05, 0) is 36.4 Å². The summed E-state index contributed by atoms with van der Waals surface area (Å²) in [6.45, 7) is 1.12. The Kier molecular flexibility index (Phi) is 6.54. The third-order valence-corrected chi connectivity index (χ3v) is 3.95. The van der Waals surface area contributed by atoms with Crippen LogP contribution >= 0.6 is 0 Å². The van der Waals surface area contributed by atoms with E-state index in [0.29, 0.717) is 11.4 Å². The van der Waals surface area contributed by atoms with Crippen LogP contribution < -0.4 is 15.1 Å². The summed E-state index contributed by atoms with van der Waals surface area (Å²) < 4.78 is 4.76. The number of nitrogens with one attached hydrogen (secondary N) is 1. The molecule has 0 fully saturated rings. The molecular formula is C20H23N3O4. The van der Waals surface area contributed by atoms with Crippen molar-refractivity contribution in [3.63, 3.8) is 0 Å². The number of esters is 1. The number of carbonyl (C=O) groups is 3. The van der Waals surface area contributed by atoms with E-state index in [0.717, 1.165) is 5.69 Å². The van der Waals surface area contributed by atoms with Crippen LogP contribution in [-0.2, 0) is 14.3 Å². The lowest BCUT2D eigenvalue weighted by Gasteiger charge is -2.22. The molecule has 7 heteroatoms. The van der Waals surface area contributed by atoms with E-state index in [2.05, 4.69) is 5.32 Å². The van der Waals surface area contributed by atoms with Gasteiger partial charge in [0.2, 0.25) is 11.8 Å². The second-order valence-electron chi connectivity index (χ2n) is 6.10. The lowest BCUT2D eigenvalue weighted by atomic mass is 10.1. The van der Waals surface area contributed by atoms with Crippen molar-refractivity contribution >= 4 is 34.8 Å². The predicted octanol–water partition coefficient (Wildman–Crippen LogP) is 2.53. The first-order valence-corrected chi connectivity index (χ1v) is 8.36. The van der Waals surface area contributed by atoms with Gasteiger partial charge >= 0.3 is 5.97 Å². The Morgan fingerprint density at radius 3 is 2.19 bits per heavy atom. The molecule has 0 aliphatic heterocycles. The van der Waals surface area contributed by atoms with E-state index in [1.54, 1.807) is 36.4 Å². The van der Waals surface area contributed by atoms with Gasteiger partial charge in [-0.25, -0.2) is 4.79 Å². The topological polar surface area (TPSA) is 79.0 Å². The number of ether oxygens (including phenoxy) is 1. The minimum Gasteiger partial charge on any atom is -0.465 e. The minimum atomic E-state index is -0.573. The average molecular weight is 369 g/mol. The van der Waals surface area contributed by atoms with Gasteiger partial charge in [0.1, 0.15) is 6.54 Å². The number of amides is 2. The zero-order valence-corrected chi connectivity index (χ0v) is 15.9. The Hall–Kier alpha value is -3.35. The van der Waals surface area contributed by atoms with E-state index < -0.39 is 5.97 Å².